The molecule has 2 rings (SSSR count). The number of rotatable bonds is 3. The molecule has 8 heteroatoms. The number of amides is 1. The van der Waals surface area contributed by atoms with E-state index in [0.717, 1.165) is 12.1 Å². The number of carbonyl (C=O) groups is 2. The van der Waals surface area contributed by atoms with Gasteiger partial charge in [-0.25, -0.2) is 0 Å². The van der Waals surface area contributed by atoms with Crippen LogP contribution >= 0.6 is 15.9 Å². The minimum atomic E-state index is -4.55. The second-order valence-corrected chi connectivity index (χ2v) is 5.84. The summed E-state index contributed by atoms with van der Waals surface area (Å²) in [6, 6.07) is 2.95. The average Bonchev–Trinajstić information content (AvgIpc) is 2.24. The van der Waals surface area contributed by atoms with Crippen LogP contribution in [0.25, 0.3) is 0 Å². The van der Waals surface area contributed by atoms with Crippen molar-refractivity contribution < 1.29 is 27.9 Å². The zero-order valence-corrected chi connectivity index (χ0v) is 12.2. The van der Waals surface area contributed by atoms with Crippen molar-refractivity contribution in [3.63, 3.8) is 0 Å². The highest BCUT2D eigenvalue weighted by Gasteiger charge is 2.51. The number of hydrogen-bond acceptors (Lipinski definition) is 2. The molecule has 0 aromatic heterocycles. The molecule has 1 amide bonds. The van der Waals surface area contributed by atoms with Crippen LogP contribution in [0.3, 0.4) is 0 Å². The van der Waals surface area contributed by atoms with Crippen molar-refractivity contribution in [3.8, 4) is 0 Å². The molecule has 0 heterocycles. The summed E-state index contributed by atoms with van der Waals surface area (Å²) in [5, 5.41) is 11.4. The number of aliphatic carboxylic acids is 1. The lowest BCUT2D eigenvalue weighted by molar-refractivity contribution is -0.159. The number of hydrogen-bond donors (Lipinski definition) is 2. The summed E-state index contributed by atoms with van der Waals surface area (Å²) in [5.41, 5.74) is -2.54. The molecule has 4 nitrogen and oxygen atoms in total. The van der Waals surface area contributed by atoms with Gasteiger partial charge in [-0.05, 0) is 31.0 Å². The van der Waals surface area contributed by atoms with Gasteiger partial charge in [0.25, 0.3) is 0 Å². The minimum absolute atomic E-state index is 0.0887. The molecule has 0 saturated heterocycles. The first-order chi connectivity index (χ1) is 9.65. The topological polar surface area (TPSA) is 66.4 Å². The number of benzene rings is 1. The summed E-state index contributed by atoms with van der Waals surface area (Å²) in [6.07, 6.45) is -3.57. The van der Waals surface area contributed by atoms with Gasteiger partial charge in [0.1, 0.15) is 5.41 Å². The van der Waals surface area contributed by atoms with Gasteiger partial charge in [-0.1, -0.05) is 22.4 Å². The lowest BCUT2D eigenvalue weighted by atomic mass is 9.68. The highest BCUT2D eigenvalue weighted by atomic mass is 79.9. The van der Waals surface area contributed by atoms with Crippen molar-refractivity contribution in [2.45, 2.75) is 25.4 Å². The largest absolute Gasteiger partial charge is 0.480 e. The highest BCUT2D eigenvalue weighted by molar-refractivity contribution is 9.10. The Morgan fingerprint density at radius 1 is 1.24 bits per heavy atom. The molecule has 1 aliphatic rings. The third-order valence-corrected chi connectivity index (χ3v) is 3.99. The molecule has 2 N–H and O–H groups in total. The minimum Gasteiger partial charge on any atom is -0.480 e. The monoisotopic (exact) mass is 365 g/mol. The molecular formula is C13H11BrF3NO3. The van der Waals surface area contributed by atoms with Crippen molar-refractivity contribution in [2.75, 3.05) is 5.32 Å². The van der Waals surface area contributed by atoms with Crippen molar-refractivity contribution in [1.29, 1.82) is 0 Å². The maximum atomic E-state index is 12.7. The van der Waals surface area contributed by atoms with Crippen LogP contribution in [0.15, 0.2) is 22.7 Å². The van der Waals surface area contributed by atoms with Crippen molar-refractivity contribution in [1.82, 2.24) is 0 Å². The number of carboxylic acid groups (broad SMARTS) is 1. The molecule has 1 aromatic rings. The number of nitrogens with one attached hydrogen (secondary N) is 1. The van der Waals surface area contributed by atoms with Crippen LogP contribution in [0.4, 0.5) is 18.9 Å². The van der Waals surface area contributed by atoms with Gasteiger partial charge < -0.3 is 10.4 Å². The van der Waals surface area contributed by atoms with E-state index in [1.54, 1.807) is 0 Å². The number of carbonyl (C=O) groups excluding carboxylic acids is 1. The summed E-state index contributed by atoms with van der Waals surface area (Å²) < 4.78 is 38.2. The Balaban J connectivity index is 2.26. The lowest BCUT2D eigenvalue weighted by Gasteiger charge is -2.35. The molecule has 1 aromatic carbocycles. The predicted molar refractivity (Wildman–Crippen MR) is 71.7 cm³/mol. The quantitative estimate of drug-likeness (QED) is 0.803. The van der Waals surface area contributed by atoms with Gasteiger partial charge in [0.05, 0.1) is 5.56 Å². The fourth-order valence-corrected chi connectivity index (χ4v) is 2.64. The van der Waals surface area contributed by atoms with Crippen molar-refractivity contribution >= 4 is 33.5 Å². The fourth-order valence-electron chi connectivity index (χ4n) is 2.14. The third kappa shape index (κ3) is 3.04. The summed E-state index contributed by atoms with van der Waals surface area (Å²) >= 11 is 2.94. The van der Waals surface area contributed by atoms with Gasteiger partial charge in [0, 0.05) is 10.2 Å². The van der Waals surface area contributed by atoms with Crippen molar-refractivity contribution in [2.24, 2.45) is 5.41 Å². The molecule has 1 aliphatic carbocycles. The molecule has 0 atom stereocenters. The normalized spacial score (nSPS) is 17.0. The predicted octanol–water partition coefficient (Wildman–Crippen LogP) is 3.66. The van der Waals surface area contributed by atoms with E-state index < -0.39 is 29.0 Å². The van der Waals surface area contributed by atoms with Crippen LogP contribution < -0.4 is 5.32 Å². The summed E-state index contributed by atoms with van der Waals surface area (Å²) in [4.78, 5) is 23.2. The van der Waals surface area contributed by atoms with E-state index in [1.165, 1.54) is 6.07 Å². The van der Waals surface area contributed by atoms with Gasteiger partial charge in [0.15, 0.2) is 0 Å². The Bertz CT molecular complexity index is 597. The maximum absolute atomic E-state index is 12.7. The molecule has 0 aliphatic heterocycles. The highest BCUT2D eigenvalue weighted by Crippen LogP contribution is 2.42. The average molecular weight is 366 g/mol. The van der Waals surface area contributed by atoms with Crippen LogP contribution in [0, 0.1) is 5.41 Å². The summed E-state index contributed by atoms with van der Waals surface area (Å²) in [5.74, 6) is -2.04. The SMILES string of the molecule is O=C(O)C1(C(=O)Nc2cc(Br)cc(C(F)(F)F)c2)CCC1. The molecule has 21 heavy (non-hydrogen) atoms. The van der Waals surface area contributed by atoms with Gasteiger partial charge >= 0.3 is 12.1 Å². The van der Waals surface area contributed by atoms with E-state index in [9.17, 15) is 22.8 Å². The van der Waals surface area contributed by atoms with Gasteiger partial charge in [-0.2, -0.15) is 13.2 Å². The van der Waals surface area contributed by atoms with E-state index in [0.29, 0.717) is 6.42 Å². The first kappa shape index (κ1) is 15.8. The second-order valence-electron chi connectivity index (χ2n) is 4.92. The molecule has 0 bridgehead atoms. The Morgan fingerprint density at radius 2 is 1.86 bits per heavy atom. The molecule has 1 fully saturated rings. The van der Waals surface area contributed by atoms with Crippen LogP contribution in [-0.4, -0.2) is 17.0 Å². The van der Waals surface area contributed by atoms with Crippen LogP contribution in [-0.2, 0) is 15.8 Å². The van der Waals surface area contributed by atoms with Gasteiger partial charge in [-0.3, -0.25) is 9.59 Å². The van der Waals surface area contributed by atoms with Crippen LogP contribution in [0.1, 0.15) is 24.8 Å². The first-order valence-corrected chi connectivity index (χ1v) is 6.87. The van der Waals surface area contributed by atoms with Gasteiger partial charge in [0.2, 0.25) is 5.91 Å². The second kappa shape index (κ2) is 5.32. The Hall–Kier alpha value is -1.57. The number of carboxylic acids is 1. The maximum Gasteiger partial charge on any atom is 0.416 e. The smallest absolute Gasteiger partial charge is 0.416 e. The Morgan fingerprint density at radius 3 is 2.29 bits per heavy atom. The standard InChI is InChI=1S/C13H11BrF3NO3/c14-8-4-7(13(15,16)17)5-9(6-8)18-10(19)12(11(20)21)2-1-3-12/h4-6H,1-3H2,(H,18,19)(H,20,21). The van der Waals surface area contributed by atoms with Gasteiger partial charge in [-0.15, -0.1) is 0 Å². The van der Waals surface area contributed by atoms with E-state index in [1.807, 2.05) is 0 Å². The van der Waals surface area contributed by atoms with Crippen molar-refractivity contribution in [3.05, 3.63) is 28.2 Å². The Kier molecular flexibility index (Phi) is 4.01. The van der Waals surface area contributed by atoms with E-state index in [-0.39, 0.29) is 23.0 Å². The fraction of sp³-hybridized carbons (Fsp3) is 0.385. The first-order valence-electron chi connectivity index (χ1n) is 6.08. The molecule has 1 saturated carbocycles. The molecular weight excluding hydrogens is 355 g/mol. The van der Waals surface area contributed by atoms with E-state index >= 15 is 0 Å². The zero-order chi connectivity index (χ0) is 15.8. The van der Waals surface area contributed by atoms with Crippen LogP contribution in [0.5, 0.6) is 0 Å². The molecule has 114 valence electrons. The molecule has 0 spiro atoms. The molecule has 0 unspecified atom stereocenters. The van der Waals surface area contributed by atoms with E-state index in [4.69, 9.17) is 5.11 Å². The zero-order valence-electron chi connectivity index (χ0n) is 10.6. The number of alkyl halides is 3. The number of halogens is 4. The summed E-state index contributed by atoms with van der Waals surface area (Å²) in [7, 11) is 0. The molecule has 0 radical (unpaired) electrons. The van der Waals surface area contributed by atoms with E-state index in [2.05, 4.69) is 21.2 Å². The van der Waals surface area contributed by atoms with Crippen LogP contribution in [0.2, 0.25) is 0 Å². The summed E-state index contributed by atoms with van der Waals surface area (Å²) in [6.45, 7) is 0. The lowest BCUT2D eigenvalue weighted by Crippen LogP contribution is -2.48. The number of anilines is 1. The third-order valence-electron chi connectivity index (χ3n) is 3.53. The Labute approximate surface area is 126 Å².